The van der Waals surface area contributed by atoms with E-state index in [2.05, 4.69) is 5.32 Å². The van der Waals surface area contributed by atoms with E-state index >= 15 is 0 Å². The SMILES string of the molecule is CCC(=O)OCC[N]CCOC(=O)CC. The highest BCUT2D eigenvalue weighted by molar-refractivity contribution is 5.69. The molecule has 1 radical (unpaired) electrons. The number of nitrogens with zero attached hydrogens (tertiary/aromatic N) is 1. The molecule has 0 heterocycles. The highest BCUT2D eigenvalue weighted by Gasteiger charge is 1.99. The van der Waals surface area contributed by atoms with E-state index in [0.29, 0.717) is 39.1 Å². The lowest BCUT2D eigenvalue weighted by molar-refractivity contribution is -0.143. The van der Waals surface area contributed by atoms with Crippen LogP contribution in [0, 0.1) is 0 Å². The molecule has 0 aliphatic rings. The lowest BCUT2D eigenvalue weighted by Gasteiger charge is -2.04. The predicted molar refractivity (Wildman–Crippen MR) is 54.4 cm³/mol. The summed E-state index contributed by atoms with van der Waals surface area (Å²) in [6.45, 7) is 4.99. The number of carbonyl (C=O) groups excluding carboxylic acids is 2. The molecule has 0 aliphatic heterocycles. The van der Waals surface area contributed by atoms with E-state index in [-0.39, 0.29) is 11.9 Å². The third-order valence-electron chi connectivity index (χ3n) is 1.60. The van der Waals surface area contributed by atoms with Crippen LogP contribution in [0.1, 0.15) is 26.7 Å². The molecule has 0 N–H and O–H groups in total. The third kappa shape index (κ3) is 9.21. The van der Waals surface area contributed by atoms with Gasteiger partial charge in [0.2, 0.25) is 0 Å². The van der Waals surface area contributed by atoms with E-state index < -0.39 is 0 Å². The first-order valence-electron chi connectivity index (χ1n) is 5.15. The summed E-state index contributed by atoms with van der Waals surface area (Å²) in [6, 6.07) is 0. The number of carbonyl (C=O) groups is 2. The number of rotatable bonds is 8. The van der Waals surface area contributed by atoms with Crippen molar-refractivity contribution in [1.29, 1.82) is 0 Å². The van der Waals surface area contributed by atoms with Gasteiger partial charge < -0.3 is 9.47 Å². The first-order valence-corrected chi connectivity index (χ1v) is 5.15. The van der Waals surface area contributed by atoms with Gasteiger partial charge in [0.1, 0.15) is 13.2 Å². The fourth-order valence-electron chi connectivity index (χ4n) is 0.764. The number of hydrogen-bond acceptors (Lipinski definition) is 4. The zero-order valence-electron chi connectivity index (χ0n) is 9.32. The maximum Gasteiger partial charge on any atom is 0.305 e. The van der Waals surface area contributed by atoms with Crippen molar-refractivity contribution < 1.29 is 19.1 Å². The molecule has 0 fully saturated rings. The lowest BCUT2D eigenvalue weighted by atomic mass is 10.5. The molecule has 0 aromatic carbocycles. The normalized spacial score (nSPS) is 9.73. The second-order valence-electron chi connectivity index (χ2n) is 2.82. The van der Waals surface area contributed by atoms with Crippen LogP contribution in [0.15, 0.2) is 0 Å². The summed E-state index contributed by atoms with van der Waals surface area (Å²) in [6.07, 6.45) is 0.766. The van der Waals surface area contributed by atoms with E-state index in [1.165, 1.54) is 0 Å². The molecule has 0 saturated carbocycles. The third-order valence-corrected chi connectivity index (χ3v) is 1.60. The van der Waals surface area contributed by atoms with Gasteiger partial charge in [0, 0.05) is 25.9 Å². The average Bonchev–Trinajstić information content (AvgIpc) is 2.26. The minimum absolute atomic E-state index is 0.220. The maximum atomic E-state index is 10.7. The summed E-state index contributed by atoms with van der Waals surface area (Å²) in [4.78, 5) is 21.4. The Morgan fingerprint density at radius 2 is 1.33 bits per heavy atom. The molecule has 0 aromatic rings. The minimum Gasteiger partial charge on any atom is -0.464 e. The summed E-state index contributed by atoms with van der Waals surface area (Å²) in [5, 5.41) is 4.03. The van der Waals surface area contributed by atoms with Crippen LogP contribution >= 0.6 is 0 Å². The van der Waals surface area contributed by atoms with Crippen LogP contribution in [-0.4, -0.2) is 38.2 Å². The Kier molecular flexibility index (Phi) is 8.76. The summed E-state index contributed by atoms with van der Waals surface area (Å²) in [7, 11) is 0. The van der Waals surface area contributed by atoms with Gasteiger partial charge in [-0.1, -0.05) is 13.8 Å². The van der Waals surface area contributed by atoms with Crippen molar-refractivity contribution in [2.45, 2.75) is 26.7 Å². The van der Waals surface area contributed by atoms with Crippen molar-refractivity contribution >= 4 is 11.9 Å². The fraction of sp³-hybridized carbons (Fsp3) is 0.800. The Hall–Kier alpha value is -1.10. The molecule has 87 valence electrons. The van der Waals surface area contributed by atoms with Crippen molar-refractivity contribution in [2.75, 3.05) is 26.3 Å². The van der Waals surface area contributed by atoms with E-state index in [1.54, 1.807) is 13.8 Å². The molecular formula is C10H18NO4. The van der Waals surface area contributed by atoms with Crippen LogP contribution in [0.3, 0.4) is 0 Å². The van der Waals surface area contributed by atoms with Gasteiger partial charge in [-0.2, -0.15) is 0 Å². The van der Waals surface area contributed by atoms with Crippen LogP contribution in [0.2, 0.25) is 0 Å². The molecule has 0 aromatic heterocycles. The van der Waals surface area contributed by atoms with E-state index in [4.69, 9.17) is 9.47 Å². The zero-order chi connectivity index (χ0) is 11.5. The molecule has 0 rings (SSSR count). The van der Waals surface area contributed by atoms with Gasteiger partial charge >= 0.3 is 11.9 Å². The van der Waals surface area contributed by atoms with E-state index in [1.807, 2.05) is 0 Å². The molecule has 0 bridgehead atoms. The molecule has 0 saturated heterocycles. The highest BCUT2D eigenvalue weighted by Crippen LogP contribution is 1.84. The van der Waals surface area contributed by atoms with Gasteiger partial charge in [-0.15, -0.1) is 0 Å². The maximum absolute atomic E-state index is 10.7. The fourth-order valence-corrected chi connectivity index (χ4v) is 0.764. The Morgan fingerprint density at radius 3 is 1.67 bits per heavy atom. The van der Waals surface area contributed by atoms with Gasteiger partial charge in [-0.25, -0.2) is 5.32 Å². The lowest BCUT2D eigenvalue weighted by Crippen LogP contribution is -2.20. The first kappa shape index (κ1) is 13.9. The first-order chi connectivity index (χ1) is 7.20. The van der Waals surface area contributed by atoms with Crippen LogP contribution in [-0.2, 0) is 19.1 Å². The Bertz CT molecular complexity index is 174. The largest absolute Gasteiger partial charge is 0.464 e. The van der Waals surface area contributed by atoms with Gasteiger partial charge in [0.25, 0.3) is 0 Å². The van der Waals surface area contributed by atoms with Gasteiger partial charge in [0.15, 0.2) is 0 Å². The average molecular weight is 216 g/mol. The van der Waals surface area contributed by atoms with Crippen molar-refractivity contribution in [2.24, 2.45) is 0 Å². The van der Waals surface area contributed by atoms with Gasteiger partial charge in [-0.3, -0.25) is 9.59 Å². The molecule has 5 nitrogen and oxygen atoms in total. The molecule has 0 atom stereocenters. The van der Waals surface area contributed by atoms with Crippen molar-refractivity contribution in [3.8, 4) is 0 Å². The Labute approximate surface area is 90.1 Å². The van der Waals surface area contributed by atoms with Crippen molar-refractivity contribution in [3.05, 3.63) is 0 Å². The quantitative estimate of drug-likeness (QED) is 0.437. The molecule has 0 unspecified atom stereocenters. The molecule has 15 heavy (non-hydrogen) atoms. The second-order valence-corrected chi connectivity index (χ2v) is 2.82. The standard InChI is InChI=1S/C10H18NO4/c1-3-9(12)14-7-5-11-6-8-15-10(13)4-2/h3-8H2,1-2H3. The molecular weight excluding hydrogens is 198 g/mol. The van der Waals surface area contributed by atoms with E-state index in [0.717, 1.165) is 0 Å². The van der Waals surface area contributed by atoms with Gasteiger partial charge in [0.05, 0.1) is 0 Å². The van der Waals surface area contributed by atoms with Crippen molar-refractivity contribution in [1.82, 2.24) is 5.32 Å². The summed E-state index contributed by atoms with van der Waals surface area (Å²) >= 11 is 0. The van der Waals surface area contributed by atoms with Crippen molar-refractivity contribution in [3.63, 3.8) is 0 Å². The summed E-state index contributed by atoms with van der Waals surface area (Å²) in [5.74, 6) is -0.440. The molecule has 5 heteroatoms. The van der Waals surface area contributed by atoms with Crippen LogP contribution in [0.25, 0.3) is 0 Å². The molecule has 0 amide bonds. The topological polar surface area (TPSA) is 66.7 Å². The number of esters is 2. The molecule has 0 aliphatic carbocycles. The number of ether oxygens (including phenoxy) is 2. The number of hydrogen-bond donors (Lipinski definition) is 0. The monoisotopic (exact) mass is 216 g/mol. The van der Waals surface area contributed by atoms with E-state index in [9.17, 15) is 9.59 Å². The van der Waals surface area contributed by atoms with Crippen LogP contribution in [0.4, 0.5) is 0 Å². The summed E-state index contributed by atoms with van der Waals surface area (Å²) < 4.78 is 9.60. The smallest absolute Gasteiger partial charge is 0.305 e. The van der Waals surface area contributed by atoms with Crippen LogP contribution in [0.5, 0.6) is 0 Å². The molecule has 0 spiro atoms. The van der Waals surface area contributed by atoms with Crippen LogP contribution < -0.4 is 5.32 Å². The Morgan fingerprint density at radius 1 is 0.933 bits per heavy atom. The zero-order valence-corrected chi connectivity index (χ0v) is 9.32. The predicted octanol–water partition coefficient (Wildman–Crippen LogP) is 0.497. The Balaban J connectivity index is 3.11. The second kappa shape index (κ2) is 9.45. The van der Waals surface area contributed by atoms with Gasteiger partial charge in [-0.05, 0) is 0 Å². The summed E-state index contributed by atoms with van der Waals surface area (Å²) in [5.41, 5.74) is 0. The minimum atomic E-state index is -0.220. The highest BCUT2D eigenvalue weighted by atomic mass is 16.5.